The lowest BCUT2D eigenvalue weighted by Gasteiger charge is -2.10. The first kappa shape index (κ1) is 24.1. The predicted molar refractivity (Wildman–Crippen MR) is 124 cm³/mol. The van der Waals surface area contributed by atoms with Gasteiger partial charge in [-0.15, -0.1) is 11.8 Å². The number of ether oxygens (including phenoxy) is 1. The first-order chi connectivity index (χ1) is 15.3. The molecule has 0 saturated heterocycles. The van der Waals surface area contributed by atoms with Gasteiger partial charge in [-0.25, -0.2) is 4.79 Å². The fourth-order valence-electron chi connectivity index (χ4n) is 2.86. The number of alkyl halides is 3. The van der Waals surface area contributed by atoms with E-state index < -0.39 is 11.7 Å². The summed E-state index contributed by atoms with van der Waals surface area (Å²) in [4.78, 5) is 13.8. The molecule has 0 atom stereocenters. The topological polar surface area (TPSA) is 38.3 Å². The Morgan fingerprint density at radius 2 is 1.88 bits per heavy atom. The minimum Gasteiger partial charge on any atom is -0.465 e. The van der Waals surface area contributed by atoms with Crippen molar-refractivity contribution in [1.82, 2.24) is 4.72 Å². The first-order valence-electron chi connectivity index (χ1n) is 9.74. The Morgan fingerprint density at radius 3 is 2.56 bits per heavy atom. The molecule has 2 aromatic carbocycles. The molecule has 1 aliphatic rings. The molecular weight excluding hydrogens is 455 g/mol. The molecule has 1 aliphatic carbocycles. The highest BCUT2D eigenvalue weighted by atomic mass is 32.2. The van der Waals surface area contributed by atoms with E-state index in [2.05, 4.69) is 4.72 Å². The normalized spacial score (nSPS) is 13.8. The van der Waals surface area contributed by atoms with E-state index in [1.165, 1.54) is 31.2 Å². The highest BCUT2D eigenvalue weighted by molar-refractivity contribution is 8.02. The monoisotopic (exact) mass is 477 g/mol. The zero-order chi connectivity index (χ0) is 23.1. The lowest BCUT2D eigenvalue weighted by Crippen LogP contribution is -2.05. The lowest BCUT2D eigenvalue weighted by molar-refractivity contribution is -0.137. The lowest BCUT2D eigenvalue weighted by atomic mass is 10.1. The van der Waals surface area contributed by atoms with Crippen LogP contribution in [0.4, 0.5) is 13.2 Å². The van der Waals surface area contributed by atoms with Crippen LogP contribution in [0.5, 0.6) is 0 Å². The molecule has 2 aromatic rings. The molecular formula is C24H22F3NO2S2. The number of esters is 1. The third kappa shape index (κ3) is 6.71. The van der Waals surface area contributed by atoms with Crippen molar-refractivity contribution in [2.45, 2.75) is 30.2 Å². The van der Waals surface area contributed by atoms with E-state index in [4.69, 9.17) is 4.74 Å². The molecule has 0 radical (unpaired) electrons. The Bertz CT molecular complexity index is 1060. The molecule has 3 nitrogen and oxygen atoms in total. The van der Waals surface area contributed by atoms with E-state index in [-0.39, 0.29) is 5.97 Å². The van der Waals surface area contributed by atoms with Gasteiger partial charge in [-0.3, -0.25) is 0 Å². The van der Waals surface area contributed by atoms with Crippen LogP contribution >= 0.6 is 23.7 Å². The maximum Gasteiger partial charge on any atom is 0.416 e. The molecule has 168 valence electrons. The molecule has 1 N–H and O–H groups in total. The molecule has 3 rings (SSSR count). The van der Waals surface area contributed by atoms with Crippen molar-refractivity contribution in [3.05, 3.63) is 99.6 Å². The summed E-state index contributed by atoms with van der Waals surface area (Å²) in [6.07, 6.45) is 4.40. The number of nitrogens with one attached hydrogen (secondary N) is 1. The van der Waals surface area contributed by atoms with Crippen molar-refractivity contribution in [2.24, 2.45) is 0 Å². The van der Waals surface area contributed by atoms with Gasteiger partial charge in [0.1, 0.15) is 0 Å². The van der Waals surface area contributed by atoms with E-state index in [0.717, 1.165) is 38.8 Å². The highest BCUT2D eigenvalue weighted by Crippen LogP contribution is 2.31. The molecule has 0 fully saturated rings. The van der Waals surface area contributed by atoms with E-state index in [1.54, 1.807) is 17.8 Å². The number of allylic oxidation sites excluding steroid dienone is 4. The summed E-state index contributed by atoms with van der Waals surface area (Å²) in [5.74, 6) is 0.221. The van der Waals surface area contributed by atoms with E-state index in [1.807, 2.05) is 43.4 Å². The fourth-order valence-corrected chi connectivity index (χ4v) is 4.45. The zero-order valence-electron chi connectivity index (χ0n) is 17.5. The Kier molecular flexibility index (Phi) is 8.15. The van der Waals surface area contributed by atoms with Gasteiger partial charge >= 0.3 is 12.1 Å². The number of hydrogen-bond donors (Lipinski definition) is 1. The second-order valence-electron chi connectivity index (χ2n) is 7.02. The molecule has 0 spiro atoms. The number of thioether (sulfide) groups is 1. The third-order valence-corrected chi connectivity index (χ3v) is 6.61. The number of carbonyl (C=O) groups excluding carboxylic acids is 1. The van der Waals surface area contributed by atoms with Crippen LogP contribution in [0.2, 0.25) is 0 Å². The first-order valence-corrected chi connectivity index (χ1v) is 11.5. The van der Waals surface area contributed by atoms with Gasteiger partial charge in [0.2, 0.25) is 0 Å². The van der Waals surface area contributed by atoms with Gasteiger partial charge in [-0.05, 0) is 66.4 Å². The van der Waals surface area contributed by atoms with Gasteiger partial charge in [0.15, 0.2) is 0 Å². The zero-order valence-corrected chi connectivity index (χ0v) is 19.2. The summed E-state index contributed by atoms with van der Waals surface area (Å²) in [5.41, 5.74) is 2.59. The summed E-state index contributed by atoms with van der Waals surface area (Å²) < 4.78 is 46.2. The summed E-state index contributed by atoms with van der Waals surface area (Å²) >= 11 is 2.98. The quantitative estimate of drug-likeness (QED) is 0.341. The highest BCUT2D eigenvalue weighted by Gasteiger charge is 2.29. The van der Waals surface area contributed by atoms with Crippen molar-refractivity contribution >= 4 is 29.7 Å². The van der Waals surface area contributed by atoms with Crippen LogP contribution in [-0.4, -0.2) is 13.1 Å². The van der Waals surface area contributed by atoms with E-state index in [0.29, 0.717) is 17.7 Å². The molecule has 0 bridgehead atoms. The number of rotatable bonds is 7. The van der Waals surface area contributed by atoms with Gasteiger partial charge in [0.25, 0.3) is 0 Å². The SMILES string of the molecule is COC(=O)c1cc(SNC2=CC=C(SCc3ccc(C(F)(F)F)cc3)C=CC2)ccc1C. The smallest absolute Gasteiger partial charge is 0.416 e. The largest absolute Gasteiger partial charge is 0.465 e. The van der Waals surface area contributed by atoms with Gasteiger partial charge in [-0.2, -0.15) is 13.2 Å². The van der Waals surface area contributed by atoms with Crippen LogP contribution in [0, 0.1) is 6.92 Å². The second-order valence-corrected chi connectivity index (χ2v) is 8.95. The Labute approximate surface area is 193 Å². The van der Waals surface area contributed by atoms with Gasteiger partial charge in [0, 0.05) is 27.7 Å². The Hall–Kier alpha value is -2.58. The van der Waals surface area contributed by atoms with E-state index in [9.17, 15) is 18.0 Å². The summed E-state index contributed by atoms with van der Waals surface area (Å²) in [5, 5.41) is 0. The van der Waals surface area contributed by atoms with Crippen molar-refractivity contribution in [1.29, 1.82) is 0 Å². The van der Waals surface area contributed by atoms with Crippen LogP contribution in [0.3, 0.4) is 0 Å². The molecule has 0 aliphatic heterocycles. The van der Waals surface area contributed by atoms with Crippen LogP contribution < -0.4 is 4.72 Å². The molecule has 0 aromatic heterocycles. The van der Waals surface area contributed by atoms with E-state index >= 15 is 0 Å². The van der Waals surface area contributed by atoms with Crippen molar-refractivity contribution in [3.63, 3.8) is 0 Å². The average molecular weight is 478 g/mol. The number of methoxy groups -OCH3 is 1. The summed E-state index contributed by atoms with van der Waals surface area (Å²) in [6, 6.07) is 10.9. The standard InChI is InChI=1S/C24H22F3NO2S2/c1-16-6-12-21(14-22(16)23(29)30-2)32-28-19-4-3-5-20(13-11-19)31-15-17-7-9-18(10-8-17)24(25,26)27/h3,5-14,28H,4,15H2,1-2H3. The number of benzene rings is 2. The minimum atomic E-state index is -4.32. The molecule has 8 heteroatoms. The fraction of sp³-hybridized carbons (Fsp3) is 0.208. The molecule has 0 amide bonds. The number of carbonyl (C=O) groups is 1. The minimum absolute atomic E-state index is 0.362. The number of halogens is 3. The van der Waals surface area contributed by atoms with Crippen molar-refractivity contribution < 1.29 is 22.7 Å². The second kappa shape index (κ2) is 10.8. The van der Waals surface area contributed by atoms with Gasteiger partial charge in [0.05, 0.1) is 18.2 Å². The predicted octanol–water partition coefficient (Wildman–Crippen LogP) is 7.06. The summed E-state index contributed by atoms with van der Waals surface area (Å²) in [6.45, 7) is 1.86. The van der Waals surface area contributed by atoms with Crippen LogP contribution in [0.25, 0.3) is 0 Å². The molecule has 0 unspecified atom stereocenters. The molecule has 0 saturated carbocycles. The average Bonchev–Trinajstić information content (AvgIpc) is 3.01. The Morgan fingerprint density at radius 1 is 1.12 bits per heavy atom. The number of hydrogen-bond acceptors (Lipinski definition) is 5. The maximum absolute atomic E-state index is 12.7. The van der Waals surface area contributed by atoms with Gasteiger partial charge < -0.3 is 9.46 Å². The Balaban J connectivity index is 1.57. The summed E-state index contributed by atoms with van der Waals surface area (Å²) in [7, 11) is 1.36. The van der Waals surface area contributed by atoms with Crippen LogP contribution in [0.1, 0.15) is 33.5 Å². The number of aryl methyl sites for hydroxylation is 1. The van der Waals surface area contributed by atoms with Gasteiger partial charge in [-0.1, -0.05) is 30.4 Å². The van der Waals surface area contributed by atoms with Crippen molar-refractivity contribution in [3.8, 4) is 0 Å². The molecule has 0 heterocycles. The third-order valence-electron chi connectivity index (χ3n) is 4.67. The molecule has 32 heavy (non-hydrogen) atoms. The van der Waals surface area contributed by atoms with Crippen LogP contribution in [-0.2, 0) is 16.7 Å². The maximum atomic E-state index is 12.7. The van der Waals surface area contributed by atoms with Crippen molar-refractivity contribution in [2.75, 3.05) is 7.11 Å². The van der Waals surface area contributed by atoms with Crippen LogP contribution in [0.15, 0.2) is 82.3 Å².